The maximum absolute atomic E-state index is 13.9. The van der Waals surface area contributed by atoms with Gasteiger partial charge < -0.3 is 50.1 Å². The summed E-state index contributed by atoms with van der Waals surface area (Å²) in [5.41, 5.74) is 10.6. The van der Waals surface area contributed by atoms with Gasteiger partial charge in [0.1, 0.15) is 36.7 Å². The maximum Gasteiger partial charge on any atom is 0.246 e. The molecule has 2 aromatic heterocycles. The van der Waals surface area contributed by atoms with Gasteiger partial charge in [-0.1, -0.05) is 56.3 Å². The highest BCUT2D eigenvalue weighted by Gasteiger charge is 2.44. The average molecular weight is 1140 g/mol. The van der Waals surface area contributed by atoms with Gasteiger partial charge >= 0.3 is 0 Å². The number of aliphatic hydroxyl groups is 1. The van der Waals surface area contributed by atoms with Crippen molar-refractivity contribution in [2.75, 3.05) is 91.3 Å². The van der Waals surface area contributed by atoms with Gasteiger partial charge in [-0.2, -0.15) is 8.61 Å². The quantitative estimate of drug-likeness (QED) is 0.0434. The molecule has 5 N–H and O–H groups in total. The first-order valence-corrected chi connectivity index (χ1v) is 29.4. The van der Waals surface area contributed by atoms with Crippen LogP contribution in [0.5, 0.6) is 5.75 Å². The van der Waals surface area contributed by atoms with Crippen molar-refractivity contribution in [3.8, 4) is 16.2 Å². The average Bonchev–Trinajstić information content (AvgIpc) is 4.12. The van der Waals surface area contributed by atoms with Crippen molar-refractivity contribution in [2.24, 2.45) is 5.41 Å². The summed E-state index contributed by atoms with van der Waals surface area (Å²) >= 11 is 1.56. The number of ether oxygens (including phenoxy) is 5. The number of likely N-dealkylation sites (tertiary alicyclic amines) is 1. The summed E-state index contributed by atoms with van der Waals surface area (Å²) in [6.07, 6.45) is 1.24. The summed E-state index contributed by atoms with van der Waals surface area (Å²) in [5, 5.41) is 24.5. The zero-order valence-electron chi connectivity index (χ0n) is 44.3. The molecule has 7 rings (SSSR count). The van der Waals surface area contributed by atoms with Gasteiger partial charge in [0.15, 0.2) is 0 Å². The van der Waals surface area contributed by atoms with Gasteiger partial charge in [-0.05, 0) is 72.4 Å². The smallest absolute Gasteiger partial charge is 0.246 e. The molecule has 0 aliphatic carbocycles. The van der Waals surface area contributed by atoms with Crippen LogP contribution < -0.4 is 21.1 Å². The second-order valence-electron chi connectivity index (χ2n) is 19.8. The molecular weight excluding hydrogens is 1070 g/mol. The number of nitrogens with two attached hydrogens (primary N) is 1. The van der Waals surface area contributed by atoms with Gasteiger partial charge in [0.05, 0.1) is 91.0 Å². The van der Waals surface area contributed by atoms with Gasteiger partial charge in [0.25, 0.3) is 0 Å². The number of nitrogen functional groups attached to an aromatic ring is 1. The van der Waals surface area contributed by atoms with Gasteiger partial charge in [-0.15, -0.1) is 16.4 Å². The molecule has 3 atom stereocenters. The largest absolute Gasteiger partial charge is 0.487 e. The monoisotopic (exact) mass is 1140 g/mol. The number of β-amino-alcohol motifs (C(OH)–C–C–N with tert-alkyl or cyclic N) is 1. The molecule has 4 heterocycles. The van der Waals surface area contributed by atoms with E-state index in [0.717, 1.165) is 21.7 Å². The lowest BCUT2D eigenvalue weighted by Gasteiger charge is -2.35. The van der Waals surface area contributed by atoms with Crippen LogP contribution in [0, 0.1) is 12.3 Å². The number of nitrogens with one attached hydrogen (secondary N) is 2. The van der Waals surface area contributed by atoms with Crippen LogP contribution in [-0.4, -0.2) is 177 Å². The second kappa shape index (κ2) is 27.8. The first-order chi connectivity index (χ1) is 37.3. The minimum Gasteiger partial charge on any atom is -0.487 e. The molecule has 2 aliphatic rings. The van der Waals surface area contributed by atoms with Crippen LogP contribution in [-0.2, 0) is 73.1 Å². The lowest BCUT2D eigenvalue weighted by molar-refractivity contribution is -0.144. The number of hydrogen-bond donors (Lipinski definition) is 4. The SMILES string of the molecule is Cc1ncsc1-c1ccc(CNC(=O)[C@@H]2C[C@@H](O)CN2C(=O)[C@@H](NC(=O)COCCOCCOCCOCCn2cc(COc3ccc(S(=O)(=O)N4CCCN(S(=O)(=O)c5cccc(N)c5)CC4)cc3)nn2)C(C)(C)C)cc1. The van der Waals surface area contributed by atoms with Crippen molar-refractivity contribution >= 4 is 54.8 Å². The van der Waals surface area contributed by atoms with Crippen LogP contribution in [0.2, 0.25) is 0 Å². The van der Waals surface area contributed by atoms with Gasteiger partial charge in [-0.3, -0.25) is 14.4 Å². The van der Waals surface area contributed by atoms with E-state index in [9.17, 15) is 36.3 Å². The summed E-state index contributed by atoms with van der Waals surface area (Å²) < 4.78 is 85.8. The maximum atomic E-state index is 13.9. The minimum atomic E-state index is -3.90. The van der Waals surface area contributed by atoms with Crippen LogP contribution >= 0.6 is 11.3 Å². The van der Waals surface area contributed by atoms with Crippen molar-refractivity contribution in [1.82, 2.24) is 44.1 Å². The second-order valence-corrected chi connectivity index (χ2v) is 24.5. The number of aromatic nitrogens is 4. The Morgan fingerprint density at radius 1 is 0.833 bits per heavy atom. The summed E-state index contributed by atoms with van der Waals surface area (Å²) in [6.45, 7) is 10.1. The van der Waals surface area contributed by atoms with Crippen LogP contribution in [0.3, 0.4) is 0 Å². The van der Waals surface area contributed by atoms with Crippen LogP contribution in [0.4, 0.5) is 5.69 Å². The molecule has 2 aliphatic heterocycles. The van der Waals surface area contributed by atoms with E-state index in [1.807, 2.05) is 52.0 Å². The molecule has 0 radical (unpaired) electrons. The molecule has 0 bridgehead atoms. The molecule has 0 spiro atoms. The molecule has 0 saturated carbocycles. The number of nitrogens with zero attached hydrogens (tertiary/aromatic N) is 7. The summed E-state index contributed by atoms with van der Waals surface area (Å²) in [7, 11) is -7.74. The number of rotatable bonds is 27. The molecule has 26 heteroatoms. The number of sulfonamides is 2. The Kier molecular flexibility index (Phi) is 21.3. The first kappa shape index (κ1) is 59.7. The van der Waals surface area contributed by atoms with Crippen molar-refractivity contribution in [3.05, 3.63) is 101 Å². The highest BCUT2D eigenvalue weighted by Crippen LogP contribution is 2.29. The zero-order valence-corrected chi connectivity index (χ0v) is 46.8. The van der Waals surface area contributed by atoms with E-state index in [-0.39, 0.29) is 87.8 Å². The number of carbonyl (C=O) groups excluding carboxylic acids is 3. The van der Waals surface area contributed by atoms with Crippen molar-refractivity contribution in [1.29, 1.82) is 0 Å². The number of anilines is 1. The Balaban J connectivity index is 0.712. The Morgan fingerprint density at radius 2 is 1.47 bits per heavy atom. The standard InChI is InChI=1S/C52H70N10O13S3/c1-37-48(76-36-55-37)39-11-9-38(10-12-39)31-54-50(65)46-30-42(63)33-62(46)51(66)49(52(2,3)4)56-47(64)35-74-28-27-73-26-25-72-24-23-71-22-21-59-32-41(57-58-59)34-75-43-13-15-44(16-14-43)77(67,68)60-17-6-18-61(20-19-60)78(69,70)45-8-5-7-40(53)29-45/h5,7-16,29,32,36,42,46,49,63H,6,17-28,30-31,33-35,53H2,1-4H3,(H,54,65)(H,56,64)/t42-,46+,49-/m1/s1. The number of aliphatic hydroxyl groups excluding tert-OH is 1. The van der Waals surface area contributed by atoms with Gasteiger partial charge in [-0.25, -0.2) is 26.5 Å². The van der Waals surface area contributed by atoms with Crippen molar-refractivity contribution in [2.45, 2.75) is 88.2 Å². The highest BCUT2D eigenvalue weighted by molar-refractivity contribution is 7.89. The first-order valence-electron chi connectivity index (χ1n) is 25.6. The highest BCUT2D eigenvalue weighted by atomic mass is 32.2. The molecule has 3 amide bonds. The number of thiazole rings is 1. The number of aryl methyl sites for hydroxylation is 1. The molecule has 23 nitrogen and oxygen atoms in total. The lowest BCUT2D eigenvalue weighted by atomic mass is 9.85. The third kappa shape index (κ3) is 16.6. The topological polar surface area (TPSA) is 289 Å². The van der Waals surface area contributed by atoms with Crippen LogP contribution in [0.15, 0.2) is 94.3 Å². The fourth-order valence-corrected chi connectivity index (χ4v) is 12.5. The van der Waals surface area contributed by atoms with E-state index in [1.165, 1.54) is 37.8 Å². The molecule has 2 fully saturated rings. The van der Waals surface area contributed by atoms with Crippen molar-refractivity contribution in [3.63, 3.8) is 0 Å². The molecule has 0 unspecified atom stereocenters. The Labute approximate surface area is 459 Å². The number of hydrogen-bond acceptors (Lipinski definition) is 18. The van der Waals surface area contributed by atoms with E-state index < -0.39 is 55.5 Å². The van der Waals surface area contributed by atoms with Gasteiger partial charge in [0, 0.05) is 51.4 Å². The van der Waals surface area contributed by atoms with E-state index in [4.69, 9.17) is 29.4 Å². The molecule has 78 heavy (non-hydrogen) atoms. The molecule has 2 saturated heterocycles. The van der Waals surface area contributed by atoms with E-state index in [1.54, 1.807) is 52.0 Å². The lowest BCUT2D eigenvalue weighted by Crippen LogP contribution is -2.58. The predicted molar refractivity (Wildman–Crippen MR) is 289 cm³/mol. The van der Waals surface area contributed by atoms with E-state index >= 15 is 0 Å². The van der Waals surface area contributed by atoms with Crippen molar-refractivity contribution < 1.29 is 60.0 Å². The van der Waals surface area contributed by atoms with Crippen LogP contribution in [0.25, 0.3) is 10.4 Å². The number of amides is 3. The predicted octanol–water partition coefficient (Wildman–Crippen LogP) is 2.83. The fourth-order valence-electron chi connectivity index (χ4n) is 8.67. The molecule has 5 aromatic rings. The minimum absolute atomic E-state index is 0.000482. The molecule has 424 valence electrons. The van der Waals surface area contributed by atoms with Crippen LogP contribution in [0.1, 0.15) is 50.6 Å². The normalized spacial score (nSPS) is 17.2. The molecule has 3 aromatic carbocycles. The Hall–Kier alpha value is -5.94. The molecular formula is C52H70N10O13S3. The third-order valence-electron chi connectivity index (χ3n) is 12.9. The number of benzene rings is 3. The Bertz CT molecular complexity index is 2990. The summed E-state index contributed by atoms with van der Waals surface area (Å²) in [4.78, 5) is 47.2. The zero-order chi connectivity index (χ0) is 55.9. The van der Waals surface area contributed by atoms with E-state index in [2.05, 4.69) is 25.9 Å². The van der Waals surface area contributed by atoms with Gasteiger partial charge in [0.2, 0.25) is 37.8 Å². The third-order valence-corrected chi connectivity index (χ3v) is 17.7. The van der Waals surface area contributed by atoms with E-state index in [0.29, 0.717) is 63.1 Å². The summed E-state index contributed by atoms with van der Waals surface area (Å²) in [6, 6.07) is 18.0. The summed E-state index contributed by atoms with van der Waals surface area (Å²) in [5.74, 6) is -0.926. The number of carbonyl (C=O) groups is 3. The fraction of sp³-hybridized carbons (Fsp3) is 0.500. The Morgan fingerprint density at radius 3 is 2.10 bits per heavy atom.